The van der Waals surface area contributed by atoms with Crippen molar-refractivity contribution in [3.8, 4) is 0 Å². The van der Waals surface area contributed by atoms with E-state index in [1.54, 1.807) is 5.57 Å². The highest BCUT2D eigenvalue weighted by molar-refractivity contribution is 5.87. The first-order valence-corrected chi connectivity index (χ1v) is 10.1. The van der Waals surface area contributed by atoms with E-state index in [9.17, 15) is 4.79 Å². The maximum absolute atomic E-state index is 12.4. The topological polar surface area (TPSA) is 35.5 Å². The van der Waals surface area contributed by atoms with Crippen LogP contribution in [0.5, 0.6) is 0 Å². The van der Waals surface area contributed by atoms with E-state index in [0.717, 1.165) is 45.3 Å². The molecule has 1 heterocycles. The second-order valence-electron chi connectivity index (χ2n) is 8.63. The lowest BCUT2D eigenvalue weighted by Gasteiger charge is -2.46. The predicted octanol–water partition coefficient (Wildman–Crippen LogP) is 4.65. The summed E-state index contributed by atoms with van der Waals surface area (Å²) in [6.45, 7) is 5.89. The number of allylic oxidation sites excluding steroid dienone is 2. The van der Waals surface area contributed by atoms with Crippen LogP contribution in [0.2, 0.25) is 0 Å². The zero-order valence-corrected chi connectivity index (χ0v) is 15.3. The Morgan fingerprint density at radius 3 is 2.75 bits per heavy atom. The standard InChI is InChI=1S/C21H32O3/c1-3-21(23-13-14-24-21)12-9-15-5-4-6-17-16(15)10-11-20(2)18(17)7-8-19(20)22/h10,15,17-18H,3-9,11-14H2,1-2H3/t15?,17?,18?,20-/m0/s1. The van der Waals surface area contributed by atoms with E-state index in [1.807, 2.05) is 0 Å². The minimum absolute atomic E-state index is 0.0572. The van der Waals surface area contributed by atoms with Crippen molar-refractivity contribution >= 4 is 5.78 Å². The monoisotopic (exact) mass is 332 g/mol. The van der Waals surface area contributed by atoms with Gasteiger partial charge in [0.1, 0.15) is 5.78 Å². The molecule has 4 aliphatic rings. The third kappa shape index (κ3) is 2.59. The molecule has 0 N–H and O–H groups in total. The van der Waals surface area contributed by atoms with Gasteiger partial charge < -0.3 is 9.47 Å². The summed E-state index contributed by atoms with van der Waals surface area (Å²) in [5, 5.41) is 0. The number of Topliss-reactive ketones (excluding diaryl/α,β-unsaturated/α-hetero) is 1. The molecule has 1 saturated heterocycles. The molecule has 3 nitrogen and oxygen atoms in total. The van der Waals surface area contributed by atoms with Crippen LogP contribution in [0.4, 0.5) is 0 Å². The number of carbonyl (C=O) groups excluding carboxylic acids is 1. The summed E-state index contributed by atoms with van der Waals surface area (Å²) in [6, 6.07) is 0. The molecule has 24 heavy (non-hydrogen) atoms. The highest BCUT2D eigenvalue weighted by Crippen LogP contribution is 2.57. The van der Waals surface area contributed by atoms with Crippen molar-refractivity contribution in [1.29, 1.82) is 0 Å². The normalized spacial score (nSPS) is 41.0. The zero-order valence-electron chi connectivity index (χ0n) is 15.3. The van der Waals surface area contributed by atoms with Crippen LogP contribution in [-0.4, -0.2) is 24.8 Å². The third-order valence-electron chi connectivity index (χ3n) is 7.58. The summed E-state index contributed by atoms with van der Waals surface area (Å²) in [4.78, 5) is 12.4. The number of hydrogen-bond donors (Lipinski definition) is 0. The van der Waals surface area contributed by atoms with Crippen LogP contribution in [0.3, 0.4) is 0 Å². The lowest BCUT2D eigenvalue weighted by molar-refractivity contribution is -0.166. The van der Waals surface area contributed by atoms with Gasteiger partial charge in [-0.05, 0) is 56.3 Å². The summed E-state index contributed by atoms with van der Waals surface area (Å²) in [7, 11) is 0. The molecule has 4 rings (SSSR count). The molecule has 1 aliphatic heterocycles. The van der Waals surface area contributed by atoms with Crippen LogP contribution in [-0.2, 0) is 14.3 Å². The Balaban J connectivity index is 1.49. The summed E-state index contributed by atoms with van der Waals surface area (Å²) in [5.74, 6) is 2.15. The molecule has 0 aromatic carbocycles. The number of ketones is 1. The first-order chi connectivity index (χ1) is 11.6. The Morgan fingerprint density at radius 1 is 1.21 bits per heavy atom. The molecule has 3 fully saturated rings. The van der Waals surface area contributed by atoms with E-state index in [1.165, 1.54) is 25.7 Å². The summed E-state index contributed by atoms with van der Waals surface area (Å²) < 4.78 is 11.9. The average Bonchev–Trinajstić information content (AvgIpc) is 3.19. The van der Waals surface area contributed by atoms with Crippen LogP contribution < -0.4 is 0 Å². The lowest BCUT2D eigenvalue weighted by Crippen LogP contribution is -2.40. The molecule has 2 saturated carbocycles. The molecule has 3 aliphatic carbocycles. The SMILES string of the molecule is CCC1(CCC2CCCC3C2=CC[C@]2(C)C(=O)CCC32)OCCO1. The van der Waals surface area contributed by atoms with Gasteiger partial charge in [-0.25, -0.2) is 0 Å². The van der Waals surface area contributed by atoms with Crippen molar-refractivity contribution in [1.82, 2.24) is 0 Å². The molecule has 0 spiro atoms. The molecule has 0 bridgehead atoms. The van der Waals surface area contributed by atoms with Crippen molar-refractivity contribution < 1.29 is 14.3 Å². The largest absolute Gasteiger partial charge is 0.348 e. The fourth-order valence-corrected chi connectivity index (χ4v) is 6.04. The van der Waals surface area contributed by atoms with Crippen molar-refractivity contribution in [3.63, 3.8) is 0 Å². The van der Waals surface area contributed by atoms with Gasteiger partial charge >= 0.3 is 0 Å². The molecular weight excluding hydrogens is 300 g/mol. The van der Waals surface area contributed by atoms with E-state index in [0.29, 0.717) is 23.5 Å². The Hall–Kier alpha value is -0.670. The lowest BCUT2D eigenvalue weighted by atomic mass is 9.58. The summed E-state index contributed by atoms with van der Waals surface area (Å²) in [6.07, 6.45) is 12.4. The van der Waals surface area contributed by atoms with Gasteiger partial charge in [0.15, 0.2) is 5.79 Å². The van der Waals surface area contributed by atoms with E-state index < -0.39 is 0 Å². The Morgan fingerprint density at radius 2 is 2.00 bits per heavy atom. The highest BCUT2D eigenvalue weighted by Gasteiger charge is 2.52. The van der Waals surface area contributed by atoms with Gasteiger partial charge in [0.25, 0.3) is 0 Å². The van der Waals surface area contributed by atoms with Crippen molar-refractivity contribution in [2.45, 2.75) is 77.4 Å². The van der Waals surface area contributed by atoms with E-state index in [-0.39, 0.29) is 11.2 Å². The minimum Gasteiger partial charge on any atom is -0.348 e. The van der Waals surface area contributed by atoms with E-state index in [2.05, 4.69) is 19.9 Å². The van der Waals surface area contributed by atoms with E-state index in [4.69, 9.17) is 9.47 Å². The molecule has 0 aromatic rings. The quantitative estimate of drug-likeness (QED) is 0.703. The van der Waals surface area contributed by atoms with Crippen LogP contribution in [0.15, 0.2) is 11.6 Å². The van der Waals surface area contributed by atoms with Crippen LogP contribution in [0, 0.1) is 23.2 Å². The first-order valence-electron chi connectivity index (χ1n) is 10.1. The Bertz CT molecular complexity index is 531. The molecule has 4 atom stereocenters. The molecule has 3 unspecified atom stereocenters. The second kappa shape index (κ2) is 6.25. The molecular formula is C21H32O3. The smallest absolute Gasteiger partial charge is 0.168 e. The number of ether oxygens (including phenoxy) is 2. The number of hydrogen-bond acceptors (Lipinski definition) is 3. The van der Waals surface area contributed by atoms with Gasteiger partial charge in [0.2, 0.25) is 0 Å². The van der Waals surface area contributed by atoms with Gasteiger partial charge in [-0.2, -0.15) is 0 Å². The fourth-order valence-electron chi connectivity index (χ4n) is 6.04. The van der Waals surface area contributed by atoms with Crippen LogP contribution in [0.25, 0.3) is 0 Å². The van der Waals surface area contributed by atoms with E-state index >= 15 is 0 Å². The minimum atomic E-state index is -0.319. The number of carbonyl (C=O) groups is 1. The van der Waals surface area contributed by atoms with Gasteiger partial charge in [-0.3, -0.25) is 4.79 Å². The molecule has 0 radical (unpaired) electrons. The van der Waals surface area contributed by atoms with Gasteiger partial charge in [0, 0.05) is 18.3 Å². The van der Waals surface area contributed by atoms with Crippen molar-refractivity contribution in [2.75, 3.05) is 13.2 Å². The third-order valence-corrected chi connectivity index (χ3v) is 7.58. The predicted molar refractivity (Wildman–Crippen MR) is 93.5 cm³/mol. The van der Waals surface area contributed by atoms with Crippen molar-refractivity contribution in [2.24, 2.45) is 23.2 Å². The second-order valence-corrected chi connectivity index (χ2v) is 8.63. The van der Waals surface area contributed by atoms with Gasteiger partial charge in [-0.1, -0.05) is 31.9 Å². The number of rotatable bonds is 4. The number of fused-ring (bicyclic) bond motifs is 3. The van der Waals surface area contributed by atoms with Gasteiger partial charge in [-0.15, -0.1) is 0 Å². The average molecular weight is 332 g/mol. The maximum Gasteiger partial charge on any atom is 0.168 e. The summed E-state index contributed by atoms with van der Waals surface area (Å²) in [5.41, 5.74) is 1.63. The zero-order chi connectivity index (χ0) is 16.8. The first kappa shape index (κ1) is 16.8. The fraction of sp³-hybridized carbons (Fsp3) is 0.857. The van der Waals surface area contributed by atoms with Gasteiger partial charge in [0.05, 0.1) is 13.2 Å². The van der Waals surface area contributed by atoms with Crippen LogP contribution in [0.1, 0.15) is 71.6 Å². The molecule has 3 heteroatoms. The molecule has 0 aromatic heterocycles. The van der Waals surface area contributed by atoms with Crippen LogP contribution >= 0.6 is 0 Å². The highest BCUT2D eigenvalue weighted by atomic mass is 16.7. The summed E-state index contributed by atoms with van der Waals surface area (Å²) >= 11 is 0. The Labute approximate surface area is 146 Å². The molecule has 0 amide bonds. The molecule has 134 valence electrons. The van der Waals surface area contributed by atoms with Crippen molar-refractivity contribution in [3.05, 3.63) is 11.6 Å². The maximum atomic E-state index is 12.4. The Kier molecular flexibility index (Phi) is 4.37.